The molecule has 0 radical (unpaired) electrons. The summed E-state index contributed by atoms with van der Waals surface area (Å²) in [4.78, 5) is 11.4. The van der Waals surface area contributed by atoms with E-state index in [4.69, 9.17) is 14.2 Å². The summed E-state index contributed by atoms with van der Waals surface area (Å²) < 4.78 is 15.7. The lowest BCUT2D eigenvalue weighted by Gasteiger charge is -2.15. The first-order valence-corrected chi connectivity index (χ1v) is 5.43. The molecule has 0 aromatic rings. The smallest absolute Gasteiger partial charge is 0.338 e. The van der Waals surface area contributed by atoms with Gasteiger partial charge in [0.1, 0.15) is 5.60 Å². The summed E-state index contributed by atoms with van der Waals surface area (Å²) in [6.07, 6.45) is 0.641. The fraction of sp³-hybridized carbons (Fsp3) is 0.909. The van der Waals surface area contributed by atoms with Gasteiger partial charge in [-0.05, 0) is 12.3 Å². The predicted molar refractivity (Wildman–Crippen MR) is 53.4 cm³/mol. The zero-order chi connectivity index (χ0) is 11.1. The summed E-state index contributed by atoms with van der Waals surface area (Å²) in [6, 6.07) is 0. The second-order valence-electron chi connectivity index (χ2n) is 4.82. The average molecular weight is 214 g/mol. The van der Waals surface area contributed by atoms with E-state index in [0.717, 1.165) is 6.42 Å². The maximum absolute atomic E-state index is 11.4. The monoisotopic (exact) mass is 214 g/mol. The Labute approximate surface area is 89.9 Å². The first-order valence-electron chi connectivity index (χ1n) is 5.43. The third kappa shape index (κ3) is 1.76. The Morgan fingerprint density at radius 2 is 2.33 bits per heavy atom. The van der Waals surface area contributed by atoms with Crippen molar-refractivity contribution in [3.63, 3.8) is 0 Å². The Balaban J connectivity index is 2.00. The van der Waals surface area contributed by atoms with Crippen LogP contribution in [0.3, 0.4) is 0 Å². The van der Waals surface area contributed by atoms with E-state index < -0.39 is 6.10 Å². The Kier molecular flexibility index (Phi) is 2.73. The molecule has 2 rings (SSSR count). The topological polar surface area (TPSA) is 48.1 Å². The Morgan fingerprint density at radius 3 is 2.93 bits per heavy atom. The van der Waals surface area contributed by atoms with E-state index in [2.05, 4.69) is 13.8 Å². The van der Waals surface area contributed by atoms with E-state index in [9.17, 15) is 4.79 Å². The van der Waals surface area contributed by atoms with Gasteiger partial charge in [-0.2, -0.15) is 0 Å². The van der Waals surface area contributed by atoms with Crippen molar-refractivity contribution in [2.24, 2.45) is 11.8 Å². The van der Waals surface area contributed by atoms with E-state index in [-0.39, 0.29) is 11.6 Å². The highest BCUT2D eigenvalue weighted by molar-refractivity contribution is 5.79. The number of epoxide rings is 1. The molecule has 0 saturated carbocycles. The largest absolute Gasteiger partial charge is 0.467 e. The summed E-state index contributed by atoms with van der Waals surface area (Å²) in [5.41, 5.74) is -0.364. The lowest BCUT2D eigenvalue weighted by molar-refractivity contribution is -0.142. The number of rotatable bonds is 3. The van der Waals surface area contributed by atoms with E-state index >= 15 is 0 Å². The van der Waals surface area contributed by atoms with E-state index in [1.165, 1.54) is 7.11 Å². The lowest BCUT2D eigenvalue weighted by atomic mass is 9.86. The van der Waals surface area contributed by atoms with Gasteiger partial charge in [0.15, 0.2) is 6.10 Å². The number of hydrogen-bond acceptors (Lipinski definition) is 4. The van der Waals surface area contributed by atoms with Crippen LogP contribution in [0.25, 0.3) is 0 Å². The van der Waals surface area contributed by atoms with Crippen molar-refractivity contribution in [3.05, 3.63) is 0 Å². The maximum atomic E-state index is 11.4. The van der Waals surface area contributed by atoms with Gasteiger partial charge < -0.3 is 14.2 Å². The molecule has 0 bridgehead atoms. The molecule has 1 spiro atoms. The van der Waals surface area contributed by atoms with Gasteiger partial charge in [0.25, 0.3) is 0 Å². The van der Waals surface area contributed by atoms with Crippen LogP contribution in [-0.4, -0.2) is 38.0 Å². The molecular weight excluding hydrogens is 196 g/mol. The SMILES string of the molecule is COC(=O)C1OC12COCC2CC(C)C. The molecule has 2 heterocycles. The van der Waals surface area contributed by atoms with Crippen LogP contribution in [0.2, 0.25) is 0 Å². The Morgan fingerprint density at radius 1 is 1.60 bits per heavy atom. The molecule has 4 heteroatoms. The molecule has 2 aliphatic heterocycles. The third-order valence-electron chi connectivity index (χ3n) is 3.23. The summed E-state index contributed by atoms with van der Waals surface area (Å²) >= 11 is 0. The van der Waals surface area contributed by atoms with Gasteiger partial charge in [0.2, 0.25) is 0 Å². The highest BCUT2D eigenvalue weighted by Gasteiger charge is 2.68. The van der Waals surface area contributed by atoms with Crippen molar-refractivity contribution < 1.29 is 19.0 Å². The van der Waals surface area contributed by atoms with Crippen LogP contribution in [0, 0.1) is 11.8 Å². The molecular formula is C11H18O4. The normalized spacial score (nSPS) is 38.7. The summed E-state index contributed by atoms with van der Waals surface area (Å²) in [5, 5.41) is 0. The molecule has 3 unspecified atom stereocenters. The van der Waals surface area contributed by atoms with Crippen molar-refractivity contribution in [2.45, 2.75) is 32.0 Å². The quantitative estimate of drug-likeness (QED) is 0.519. The second kappa shape index (κ2) is 3.76. The second-order valence-corrected chi connectivity index (χ2v) is 4.82. The van der Waals surface area contributed by atoms with Crippen LogP contribution < -0.4 is 0 Å². The van der Waals surface area contributed by atoms with Gasteiger partial charge >= 0.3 is 5.97 Å². The van der Waals surface area contributed by atoms with Crippen LogP contribution in [-0.2, 0) is 19.0 Å². The predicted octanol–water partition coefficient (Wildman–Crippen LogP) is 0.989. The number of esters is 1. The molecule has 15 heavy (non-hydrogen) atoms. The van der Waals surface area contributed by atoms with Crippen LogP contribution in [0.15, 0.2) is 0 Å². The van der Waals surface area contributed by atoms with Crippen molar-refractivity contribution in [2.75, 3.05) is 20.3 Å². The van der Waals surface area contributed by atoms with Crippen molar-refractivity contribution in [1.29, 1.82) is 0 Å². The number of hydrogen-bond donors (Lipinski definition) is 0. The van der Waals surface area contributed by atoms with Crippen molar-refractivity contribution in [1.82, 2.24) is 0 Å². The molecule has 86 valence electrons. The van der Waals surface area contributed by atoms with Crippen molar-refractivity contribution >= 4 is 5.97 Å². The average Bonchev–Trinajstić information content (AvgIpc) is 2.78. The highest BCUT2D eigenvalue weighted by Crippen LogP contribution is 2.49. The van der Waals surface area contributed by atoms with Crippen LogP contribution in [0.1, 0.15) is 20.3 Å². The minimum Gasteiger partial charge on any atom is -0.467 e. The summed E-state index contributed by atoms with van der Waals surface area (Å²) in [7, 11) is 1.39. The molecule has 2 fully saturated rings. The fourth-order valence-electron chi connectivity index (χ4n) is 2.42. The zero-order valence-corrected chi connectivity index (χ0v) is 9.49. The molecule has 0 aromatic heterocycles. The van der Waals surface area contributed by atoms with Gasteiger partial charge in [-0.1, -0.05) is 13.8 Å². The van der Waals surface area contributed by atoms with E-state index in [1.807, 2.05) is 0 Å². The van der Waals surface area contributed by atoms with Gasteiger partial charge in [-0.3, -0.25) is 0 Å². The standard InChI is InChI=1S/C11H18O4/c1-7(2)4-8-5-14-6-11(8)9(15-11)10(12)13-3/h7-9H,4-6H2,1-3H3. The number of carbonyl (C=O) groups excluding carboxylic acids is 1. The molecule has 0 amide bonds. The number of methoxy groups -OCH3 is 1. The fourth-order valence-corrected chi connectivity index (χ4v) is 2.42. The minimum atomic E-state index is -0.395. The molecule has 0 aliphatic carbocycles. The molecule has 2 saturated heterocycles. The van der Waals surface area contributed by atoms with Crippen LogP contribution >= 0.6 is 0 Å². The summed E-state index contributed by atoms with van der Waals surface area (Å²) in [6.45, 7) is 5.57. The van der Waals surface area contributed by atoms with Gasteiger partial charge in [-0.15, -0.1) is 0 Å². The Hall–Kier alpha value is -0.610. The van der Waals surface area contributed by atoms with E-state index in [1.54, 1.807) is 0 Å². The van der Waals surface area contributed by atoms with Gasteiger partial charge in [-0.25, -0.2) is 4.79 Å². The zero-order valence-electron chi connectivity index (χ0n) is 9.49. The minimum absolute atomic E-state index is 0.269. The molecule has 0 N–H and O–H groups in total. The number of carbonyl (C=O) groups is 1. The van der Waals surface area contributed by atoms with Crippen LogP contribution in [0.5, 0.6) is 0 Å². The summed E-state index contributed by atoms with van der Waals surface area (Å²) in [5.74, 6) is 0.659. The number of ether oxygens (including phenoxy) is 3. The first-order chi connectivity index (χ1) is 7.10. The molecule has 0 aromatic carbocycles. The van der Waals surface area contributed by atoms with E-state index in [0.29, 0.717) is 25.0 Å². The highest BCUT2D eigenvalue weighted by atomic mass is 16.7. The lowest BCUT2D eigenvalue weighted by Crippen LogP contribution is -2.30. The van der Waals surface area contributed by atoms with Crippen molar-refractivity contribution in [3.8, 4) is 0 Å². The third-order valence-corrected chi connectivity index (χ3v) is 3.23. The van der Waals surface area contributed by atoms with Gasteiger partial charge in [0.05, 0.1) is 20.3 Å². The molecule has 2 aliphatic rings. The molecule has 3 atom stereocenters. The van der Waals surface area contributed by atoms with Crippen LogP contribution in [0.4, 0.5) is 0 Å². The molecule has 4 nitrogen and oxygen atoms in total. The maximum Gasteiger partial charge on any atom is 0.338 e. The van der Waals surface area contributed by atoms with Gasteiger partial charge in [0, 0.05) is 5.92 Å². The Bertz CT molecular complexity index is 263. The first kappa shape index (κ1) is 10.9.